The second-order valence-electron chi connectivity index (χ2n) is 6.83. The molecular formula is C20H23N5O. The van der Waals surface area contributed by atoms with Crippen molar-refractivity contribution in [3.8, 4) is 0 Å². The Morgan fingerprint density at radius 1 is 1.15 bits per heavy atom. The first-order valence-electron chi connectivity index (χ1n) is 9.11. The molecule has 2 aromatic heterocycles. The summed E-state index contributed by atoms with van der Waals surface area (Å²) < 4.78 is 1.77. The number of rotatable bonds is 4. The number of carbonyl (C=O) groups is 1. The second-order valence-corrected chi connectivity index (χ2v) is 6.83. The molecule has 0 spiro atoms. The number of anilines is 1. The zero-order chi connectivity index (χ0) is 17.9. The fourth-order valence-corrected chi connectivity index (χ4v) is 3.58. The number of nitrogens with one attached hydrogen (secondary N) is 1. The van der Waals surface area contributed by atoms with Gasteiger partial charge in [-0.05, 0) is 37.5 Å². The predicted molar refractivity (Wildman–Crippen MR) is 101 cm³/mol. The van der Waals surface area contributed by atoms with Crippen LogP contribution in [0, 0.1) is 0 Å². The molecule has 1 aromatic carbocycles. The highest BCUT2D eigenvalue weighted by molar-refractivity contribution is 5.83. The van der Waals surface area contributed by atoms with E-state index in [9.17, 15) is 4.79 Å². The number of hydrogen-bond donors (Lipinski definition) is 1. The summed E-state index contributed by atoms with van der Waals surface area (Å²) in [6, 6.07) is 14.3. The molecule has 0 saturated carbocycles. The molecule has 1 fully saturated rings. The van der Waals surface area contributed by atoms with Crippen LogP contribution in [-0.2, 0) is 4.79 Å². The quantitative estimate of drug-likeness (QED) is 0.787. The van der Waals surface area contributed by atoms with E-state index in [4.69, 9.17) is 0 Å². The van der Waals surface area contributed by atoms with Crippen LogP contribution < -0.4 is 5.32 Å². The average molecular weight is 349 g/mol. The smallest absolute Gasteiger partial charge is 0.229 e. The van der Waals surface area contributed by atoms with Crippen molar-refractivity contribution in [3.05, 3.63) is 60.6 Å². The number of fused-ring (bicyclic) bond motifs is 1. The number of nitrogens with zero attached hydrogens (tertiary/aromatic N) is 4. The van der Waals surface area contributed by atoms with Gasteiger partial charge in [0.1, 0.15) is 6.33 Å². The molecule has 6 nitrogen and oxygen atoms in total. The average Bonchev–Trinajstić information content (AvgIpc) is 3.18. The zero-order valence-corrected chi connectivity index (χ0v) is 14.9. The fourth-order valence-electron chi connectivity index (χ4n) is 3.58. The van der Waals surface area contributed by atoms with Crippen LogP contribution in [0.5, 0.6) is 0 Å². The topological polar surface area (TPSA) is 62.5 Å². The Hall–Kier alpha value is -2.89. The Bertz CT molecular complexity index is 883. The molecular weight excluding hydrogens is 326 g/mol. The van der Waals surface area contributed by atoms with Crippen LogP contribution >= 0.6 is 0 Å². The number of carbonyl (C=O) groups excluding carboxylic acids is 1. The van der Waals surface area contributed by atoms with Crippen molar-refractivity contribution in [2.24, 2.45) is 0 Å². The van der Waals surface area contributed by atoms with Gasteiger partial charge in [-0.2, -0.15) is 5.10 Å². The van der Waals surface area contributed by atoms with Gasteiger partial charge in [-0.25, -0.2) is 9.50 Å². The van der Waals surface area contributed by atoms with Gasteiger partial charge in [0, 0.05) is 25.3 Å². The largest absolute Gasteiger partial charge is 0.379 e. The Balaban J connectivity index is 1.37. The van der Waals surface area contributed by atoms with Crippen molar-refractivity contribution < 1.29 is 4.79 Å². The monoisotopic (exact) mass is 349 g/mol. The lowest BCUT2D eigenvalue weighted by Crippen LogP contribution is -2.44. The number of aromatic nitrogens is 3. The first kappa shape index (κ1) is 16.6. The summed E-state index contributed by atoms with van der Waals surface area (Å²) in [5.41, 5.74) is 2.91. The normalized spacial score (nSPS) is 16.6. The number of likely N-dealkylation sites (tertiary alicyclic amines) is 1. The Kier molecular flexibility index (Phi) is 4.56. The minimum Gasteiger partial charge on any atom is -0.379 e. The first-order valence-corrected chi connectivity index (χ1v) is 9.11. The van der Waals surface area contributed by atoms with E-state index in [1.54, 1.807) is 10.8 Å². The van der Waals surface area contributed by atoms with E-state index in [0.717, 1.165) is 42.8 Å². The minimum atomic E-state index is -0.0922. The maximum Gasteiger partial charge on any atom is 0.229 e. The fraction of sp³-hybridized carbons (Fsp3) is 0.350. The third kappa shape index (κ3) is 3.27. The van der Waals surface area contributed by atoms with Gasteiger partial charge in [-0.1, -0.05) is 30.3 Å². The van der Waals surface area contributed by atoms with Crippen LogP contribution in [0.15, 0.2) is 55.0 Å². The maximum absolute atomic E-state index is 12.8. The molecule has 4 rings (SSSR count). The predicted octanol–water partition coefficient (Wildman–Crippen LogP) is 2.94. The molecule has 0 aliphatic carbocycles. The van der Waals surface area contributed by atoms with Crippen molar-refractivity contribution in [2.45, 2.75) is 31.7 Å². The molecule has 26 heavy (non-hydrogen) atoms. The van der Waals surface area contributed by atoms with Crippen LogP contribution in [0.25, 0.3) is 5.65 Å². The van der Waals surface area contributed by atoms with Gasteiger partial charge in [0.05, 0.1) is 11.6 Å². The number of piperidine rings is 1. The Morgan fingerprint density at radius 3 is 2.69 bits per heavy atom. The molecule has 0 radical (unpaired) electrons. The van der Waals surface area contributed by atoms with Gasteiger partial charge < -0.3 is 10.2 Å². The van der Waals surface area contributed by atoms with Gasteiger partial charge in [-0.15, -0.1) is 0 Å². The highest BCUT2D eigenvalue weighted by atomic mass is 16.2. The molecule has 3 heterocycles. The van der Waals surface area contributed by atoms with E-state index in [2.05, 4.69) is 15.4 Å². The van der Waals surface area contributed by atoms with E-state index in [0.29, 0.717) is 6.04 Å². The molecule has 3 aromatic rings. The van der Waals surface area contributed by atoms with Crippen molar-refractivity contribution in [1.82, 2.24) is 19.5 Å². The SMILES string of the molecule is C[C@H](C(=O)N1CCC(Nc2cccn3ncnc23)CC1)c1ccccc1. The third-order valence-electron chi connectivity index (χ3n) is 5.14. The molecule has 134 valence electrons. The van der Waals surface area contributed by atoms with E-state index < -0.39 is 0 Å². The molecule has 1 aliphatic rings. The third-order valence-corrected chi connectivity index (χ3v) is 5.14. The molecule has 1 aliphatic heterocycles. The minimum absolute atomic E-state index is 0.0922. The van der Waals surface area contributed by atoms with Gasteiger partial charge in [-0.3, -0.25) is 4.79 Å². The lowest BCUT2D eigenvalue weighted by molar-refractivity contribution is -0.133. The molecule has 6 heteroatoms. The standard InChI is InChI=1S/C20H23N5O/c1-15(16-6-3-2-4-7-16)20(26)24-12-9-17(10-13-24)23-18-8-5-11-25-19(18)21-14-22-25/h2-8,11,14-15,17,23H,9-10,12-13H2,1H3/t15-/m0/s1. The summed E-state index contributed by atoms with van der Waals surface area (Å²) >= 11 is 0. The lowest BCUT2D eigenvalue weighted by atomic mass is 9.97. The van der Waals surface area contributed by atoms with E-state index in [1.807, 2.05) is 60.5 Å². The van der Waals surface area contributed by atoms with Crippen LogP contribution in [0.2, 0.25) is 0 Å². The van der Waals surface area contributed by atoms with E-state index in [-0.39, 0.29) is 11.8 Å². The molecule has 1 amide bonds. The van der Waals surface area contributed by atoms with Gasteiger partial charge in [0.2, 0.25) is 5.91 Å². The van der Waals surface area contributed by atoms with E-state index in [1.165, 1.54) is 0 Å². The summed E-state index contributed by atoms with van der Waals surface area (Å²) in [6.07, 6.45) is 5.32. The van der Waals surface area contributed by atoms with Gasteiger partial charge in [0.15, 0.2) is 5.65 Å². The number of pyridine rings is 1. The number of benzene rings is 1. The molecule has 1 atom stereocenters. The zero-order valence-electron chi connectivity index (χ0n) is 14.9. The van der Waals surface area contributed by atoms with Crippen molar-refractivity contribution in [3.63, 3.8) is 0 Å². The van der Waals surface area contributed by atoms with Gasteiger partial charge >= 0.3 is 0 Å². The van der Waals surface area contributed by atoms with Crippen LogP contribution in [-0.4, -0.2) is 44.5 Å². The molecule has 0 bridgehead atoms. The Morgan fingerprint density at radius 2 is 1.92 bits per heavy atom. The highest BCUT2D eigenvalue weighted by Crippen LogP contribution is 2.23. The second kappa shape index (κ2) is 7.15. The van der Waals surface area contributed by atoms with Crippen LogP contribution in [0.4, 0.5) is 5.69 Å². The Labute approximate surface area is 152 Å². The van der Waals surface area contributed by atoms with Crippen LogP contribution in [0.3, 0.4) is 0 Å². The summed E-state index contributed by atoms with van der Waals surface area (Å²) in [6.45, 7) is 3.56. The maximum atomic E-state index is 12.8. The summed E-state index contributed by atoms with van der Waals surface area (Å²) in [7, 11) is 0. The highest BCUT2D eigenvalue weighted by Gasteiger charge is 2.27. The summed E-state index contributed by atoms with van der Waals surface area (Å²) in [4.78, 5) is 19.1. The summed E-state index contributed by atoms with van der Waals surface area (Å²) in [5, 5.41) is 7.74. The van der Waals surface area contributed by atoms with Crippen LogP contribution in [0.1, 0.15) is 31.2 Å². The van der Waals surface area contributed by atoms with Crippen molar-refractivity contribution >= 4 is 17.2 Å². The first-order chi connectivity index (χ1) is 12.7. The van der Waals surface area contributed by atoms with Crippen molar-refractivity contribution in [1.29, 1.82) is 0 Å². The van der Waals surface area contributed by atoms with Gasteiger partial charge in [0.25, 0.3) is 0 Å². The summed E-state index contributed by atoms with van der Waals surface area (Å²) in [5.74, 6) is 0.125. The lowest BCUT2D eigenvalue weighted by Gasteiger charge is -2.34. The molecule has 1 N–H and O–H groups in total. The van der Waals surface area contributed by atoms with E-state index >= 15 is 0 Å². The molecule has 1 saturated heterocycles. The number of hydrogen-bond acceptors (Lipinski definition) is 4. The van der Waals surface area contributed by atoms with Crippen molar-refractivity contribution in [2.75, 3.05) is 18.4 Å². The number of amides is 1. The molecule has 0 unspecified atom stereocenters.